The van der Waals surface area contributed by atoms with Gasteiger partial charge in [-0.15, -0.1) is 0 Å². The third-order valence-electron chi connectivity index (χ3n) is 5.07. The molecular formula is C22H21NO. The van der Waals surface area contributed by atoms with E-state index >= 15 is 0 Å². The van der Waals surface area contributed by atoms with Gasteiger partial charge in [-0.25, -0.2) is 0 Å². The topological polar surface area (TPSA) is 20.3 Å². The number of nitrogens with zero attached hydrogens (tertiary/aromatic N) is 1. The van der Waals surface area contributed by atoms with E-state index in [0.717, 1.165) is 42.3 Å². The molecule has 1 fully saturated rings. The minimum absolute atomic E-state index is 0.165. The Morgan fingerprint density at radius 3 is 2.25 bits per heavy atom. The van der Waals surface area contributed by atoms with Crippen molar-refractivity contribution >= 4 is 16.7 Å². The van der Waals surface area contributed by atoms with E-state index in [2.05, 4.69) is 42.5 Å². The van der Waals surface area contributed by atoms with Crippen molar-refractivity contribution in [2.24, 2.45) is 0 Å². The molecule has 0 bridgehead atoms. The molecule has 1 aliphatic rings. The van der Waals surface area contributed by atoms with Crippen LogP contribution in [0.15, 0.2) is 72.8 Å². The number of amides is 1. The zero-order valence-electron chi connectivity index (χ0n) is 13.7. The molecule has 0 saturated carbocycles. The Morgan fingerprint density at radius 2 is 1.46 bits per heavy atom. The van der Waals surface area contributed by atoms with Crippen LogP contribution in [0.2, 0.25) is 0 Å². The minimum Gasteiger partial charge on any atom is -0.339 e. The van der Waals surface area contributed by atoms with Gasteiger partial charge < -0.3 is 4.90 Å². The lowest BCUT2D eigenvalue weighted by Gasteiger charge is -2.32. The molecule has 0 N–H and O–H groups in total. The third-order valence-corrected chi connectivity index (χ3v) is 5.07. The predicted octanol–water partition coefficient (Wildman–Crippen LogP) is 4.86. The van der Waals surface area contributed by atoms with E-state index in [1.54, 1.807) is 0 Å². The number of hydrogen-bond acceptors (Lipinski definition) is 1. The quantitative estimate of drug-likeness (QED) is 0.661. The number of fused-ring (bicyclic) bond motifs is 1. The average molecular weight is 315 g/mol. The van der Waals surface area contributed by atoms with Gasteiger partial charge in [-0.1, -0.05) is 66.7 Å². The summed E-state index contributed by atoms with van der Waals surface area (Å²) in [6, 6.07) is 24.8. The molecule has 3 aromatic carbocycles. The number of piperidine rings is 1. The Hall–Kier alpha value is -2.61. The maximum Gasteiger partial charge on any atom is 0.254 e. The summed E-state index contributed by atoms with van der Waals surface area (Å²) in [4.78, 5) is 15.0. The molecule has 24 heavy (non-hydrogen) atoms. The molecule has 0 atom stereocenters. The maximum absolute atomic E-state index is 13.0. The van der Waals surface area contributed by atoms with E-state index in [1.807, 2.05) is 35.2 Å². The van der Waals surface area contributed by atoms with Gasteiger partial charge in [0.25, 0.3) is 5.91 Å². The first-order valence-corrected chi connectivity index (χ1v) is 8.65. The van der Waals surface area contributed by atoms with Gasteiger partial charge in [0.15, 0.2) is 0 Å². The molecule has 1 aliphatic heterocycles. The van der Waals surface area contributed by atoms with Crippen molar-refractivity contribution in [3.8, 4) is 0 Å². The molecule has 2 heteroatoms. The fourth-order valence-electron chi connectivity index (χ4n) is 3.72. The Labute approximate surface area is 142 Å². The van der Waals surface area contributed by atoms with Gasteiger partial charge in [-0.05, 0) is 41.2 Å². The van der Waals surface area contributed by atoms with Crippen LogP contribution in [0.5, 0.6) is 0 Å². The molecule has 2 nitrogen and oxygen atoms in total. The third kappa shape index (κ3) is 2.80. The van der Waals surface area contributed by atoms with Crippen LogP contribution in [0, 0.1) is 0 Å². The molecule has 0 spiro atoms. The van der Waals surface area contributed by atoms with Crippen molar-refractivity contribution in [1.29, 1.82) is 0 Å². The highest BCUT2D eigenvalue weighted by atomic mass is 16.2. The van der Waals surface area contributed by atoms with Crippen LogP contribution in [-0.2, 0) is 0 Å². The lowest BCUT2D eigenvalue weighted by atomic mass is 9.89. The van der Waals surface area contributed by atoms with E-state index in [1.165, 1.54) is 5.56 Å². The van der Waals surface area contributed by atoms with E-state index in [9.17, 15) is 4.79 Å². The summed E-state index contributed by atoms with van der Waals surface area (Å²) in [7, 11) is 0. The van der Waals surface area contributed by atoms with E-state index in [0.29, 0.717) is 5.92 Å². The number of likely N-dealkylation sites (tertiary alicyclic amines) is 1. The SMILES string of the molecule is O=C(c1cccc2ccccc12)N1CCC(c2ccccc2)CC1. The van der Waals surface area contributed by atoms with Crippen molar-refractivity contribution in [3.63, 3.8) is 0 Å². The van der Waals surface area contributed by atoms with Crippen LogP contribution in [0.4, 0.5) is 0 Å². The van der Waals surface area contributed by atoms with Crippen LogP contribution in [0.25, 0.3) is 10.8 Å². The van der Waals surface area contributed by atoms with Gasteiger partial charge in [0.1, 0.15) is 0 Å². The summed E-state index contributed by atoms with van der Waals surface area (Å²) in [5, 5.41) is 2.18. The number of carbonyl (C=O) groups excluding carboxylic acids is 1. The highest BCUT2D eigenvalue weighted by molar-refractivity contribution is 6.07. The highest BCUT2D eigenvalue weighted by Crippen LogP contribution is 2.29. The van der Waals surface area contributed by atoms with Crippen LogP contribution < -0.4 is 0 Å². The lowest BCUT2D eigenvalue weighted by Crippen LogP contribution is -2.38. The average Bonchev–Trinajstić information content (AvgIpc) is 2.68. The summed E-state index contributed by atoms with van der Waals surface area (Å²) in [5.41, 5.74) is 2.22. The van der Waals surface area contributed by atoms with Gasteiger partial charge in [-0.3, -0.25) is 4.79 Å². The first-order valence-electron chi connectivity index (χ1n) is 8.65. The molecule has 120 valence electrons. The Bertz CT molecular complexity index is 843. The first kappa shape index (κ1) is 14.9. The van der Waals surface area contributed by atoms with Crippen molar-refractivity contribution < 1.29 is 4.79 Å². The van der Waals surface area contributed by atoms with E-state index in [-0.39, 0.29) is 5.91 Å². The Balaban J connectivity index is 1.52. The Kier molecular flexibility index (Phi) is 4.04. The molecular weight excluding hydrogens is 294 g/mol. The summed E-state index contributed by atoms with van der Waals surface area (Å²) in [6.07, 6.45) is 2.08. The van der Waals surface area contributed by atoms with E-state index < -0.39 is 0 Å². The lowest BCUT2D eigenvalue weighted by molar-refractivity contribution is 0.0715. The minimum atomic E-state index is 0.165. The number of rotatable bonds is 2. The molecule has 4 rings (SSSR count). The molecule has 3 aromatic rings. The normalized spacial score (nSPS) is 15.6. The van der Waals surface area contributed by atoms with Gasteiger partial charge >= 0.3 is 0 Å². The van der Waals surface area contributed by atoms with Crippen molar-refractivity contribution in [2.75, 3.05) is 13.1 Å². The van der Waals surface area contributed by atoms with Crippen molar-refractivity contribution in [1.82, 2.24) is 4.90 Å². The van der Waals surface area contributed by atoms with Crippen LogP contribution >= 0.6 is 0 Å². The first-order chi connectivity index (χ1) is 11.8. The van der Waals surface area contributed by atoms with Crippen molar-refractivity contribution in [3.05, 3.63) is 83.9 Å². The number of carbonyl (C=O) groups is 1. The largest absolute Gasteiger partial charge is 0.339 e. The van der Waals surface area contributed by atoms with Gasteiger partial charge in [-0.2, -0.15) is 0 Å². The second-order valence-electron chi connectivity index (χ2n) is 6.50. The molecule has 1 amide bonds. The fraction of sp³-hybridized carbons (Fsp3) is 0.227. The fourth-order valence-corrected chi connectivity index (χ4v) is 3.72. The van der Waals surface area contributed by atoms with Crippen LogP contribution in [-0.4, -0.2) is 23.9 Å². The van der Waals surface area contributed by atoms with Crippen molar-refractivity contribution in [2.45, 2.75) is 18.8 Å². The van der Waals surface area contributed by atoms with Gasteiger partial charge in [0.05, 0.1) is 0 Å². The molecule has 0 radical (unpaired) electrons. The van der Waals surface area contributed by atoms with Gasteiger partial charge in [0, 0.05) is 18.7 Å². The molecule has 0 aliphatic carbocycles. The predicted molar refractivity (Wildman–Crippen MR) is 98.3 cm³/mol. The molecule has 1 heterocycles. The standard InChI is InChI=1S/C22H21NO/c24-22(21-12-6-10-19-9-4-5-11-20(19)21)23-15-13-18(14-16-23)17-7-2-1-3-8-17/h1-12,18H,13-16H2. The second kappa shape index (κ2) is 6.48. The molecule has 1 saturated heterocycles. The van der Waals surface area contributed by atoms with Crippen LogP contribution in [0.3, 0.4) is 0 Å². The van der Waals surface area contributed by atoms with E-state index in [4.69, 9.17) is 0 Å². The number of benzene rings is 3. The molecule has 0 unspecified atom stereocenters. The number of hydrogen-bond donors (Lipinski definition) is 0. The van der Waals surface area contributed by atoms with Gasteiger partial charge in [0.2, 0.25) is 0 Å². The van der Waals surface area contributed by atoms with Crippen LogP contribution in [0.1, 0.15) is 34.7 Å². The zero-order chi connectivity index (χ0) is 16.4. The molecule has 0 aromatic heterocycles. The summed E-state index contributed by atoms with van der Waals surface area (Å²) >= 11 is 0. The monoisotopic (exact) mass is 315 g/mol. The maximum atomic E-state index is 13.0. The summed E-state index contributed by atoms with van der Waals surface area (Å²) in [6.45, 7) is 1.67. The Morgan fingerprint density at radius 1 is 0.792 bits per heavy atom. The smallest absolute Gasteiger partial charge is 0.254 e. The summed E-state index contributed by atoms with van der Waals surface area (Å²) in [5.74, 6) is 0.737. The highest BCUT2D eigenvalue weighted by Gasteiger charge is 2.25. The zero-order valence-corrected chi connectivity index (χ0v) is 13.7. The summed E-state index contributed by atoms with van der Waals surface area (Å²) < 4.78 is 0. The second-order valence-corrected chi connectivity index (χ2v) is 6.50.